The van der Waals surface area contributed by atoms with Gasteiger partial charge in [-0.2, -0.15) is 0 Å². The van der Waals surface area contributed by atoms with Gasteiger partial charge in [-0.3, -0.25) is 4.79 Å². The van der Waals surface area contributed by atoms with Gasteiger partial charge in [-0.15, -0.1) is 0 Å². The van der Waals surface area contributed by atoms with Crippen LogP contribution in [0.4, 0.5) is 8.78 Å². The molecule has 162 valence electrons. The Morgan fingerprint density at radius 3 is 2.37 bits per heavy atom. The Labute approximate surface area is 176 Å². The molecule has 30 heavy (non-hydrogen) atoms. The van der Waals surface area contributed by atoms with Gasteiger partial charge < -0.3 is 15.7 Å². The van der Waals surface area contributed by atoms with Gasteiger partial charge in [-0.25, -0.2) is 8.78 Å². The van der Waals surface area contributed by atoms with E-state index in [0.29, 0.717) is 11.5 Å². The summed E-state index contributed by atoms with van der Waals surface area (Å²) < 4.78 is 27.1. The third kappa shape index (κ3) is 5.64. The van der Waals surface area contributed by atoms with Crippen molar-refractivity contribution in [2.75, 3.05) is 6.54 Å². The molecular formula is C24H30F2N2O2. The van der Waals surface area contributed by atoms with Crippen LogP contribution in [0.15, 0.2) is 42.5 Å². The fourth-order valence-corrected chi connectivity index (χ4v) is 3.86. The van der Waals surface area contributed by atoms with E-state index in [0.717, 1.165) is 18.9 Å². The number of aliphatic hydroxyl groups is 1. The second-order valence-electron chi connectivity index (χ2n) is 8.60. The van der Waals surface area contributed by atoms with Gasteiger partial charge in [0.15, 0.2) is 0 Å². The Kier molecular flexibility index (Phi) is 6.88. The molecule has 0 bridgehead atoms. The summed E-state index contributed by atoms with van der Waals surface area (Å²) in [5, 5.41) is 17.0. The van der Waals surface area contributed by atoms with E-state index < -0.39 is 23.8 Å². The lowest BCUT2D eigenvalue weighted by molar-refractivity contribution is -0.120. The van der Waals surface area contributed by atoms with Crippen molar-refractivity contribution in [3.63, 3.8) is 0 Å². The summed E-state index contributed by atoms with van der Waals surface area (Å²) in [4.78, 5) is 11.6. The summed E-state index contributed by atoms with van der Waals surface area (Å²) in [5.74, 6) is -1.23. The van der Waals surface area contributed by atoms with Gasteiger partial charge in [0.05, 0.1) is 12.1 Å². The molecule has 0 heterocycles. The molecule has 1 saturated carbocycles. The molecule has 6 heteroatoms. The van der Waals surface area contributed by atoms with Crippen LogP contribution >= 0.6 is 0 Å². The number of rotatable bonds is 9. The molecule has 0 unspecified atom stereocenters. The largest absolute Gasteiger partial charge is 0.390 e. The van der Waals surface area contributed by atoms with Crippen LogP contribution in [0.1, 0.15) is 56.2 Å². The van der Waals surface area contributed by atoms with Crippen LogP contribution in [0, 0.1) is 11.6 Å². The molecule has 2 atom stereocenters. The number of aliphatic hydroxyl groups excluding tert-OH is 1. The highest BCUT2D eigenvalue weighted by atomic mass is 19.1. The number of benzene rings is 2. The molecule has 1 amide bonds. The molecule has 4 nitrogen and oxygen atoms in total. The van der Waals surface area contributed by atoms with Crippen molar-refractivity contribution in [1.29, 1.82) is 0 Å². The van der Waals surface area contributed by atoms with Crippen LogP contribution in [0.2, 0.25) is 0 Å². The molecule has 3 rings (SSSR count). The number of carbonyl (C=O) groups is 1. The standard InChI is InChI=1S/C24H30F2N2O2/c1-15(2)18-5-4-6-19(12-18)24(7-8-24)27-14-23(30)22(28-16(3)29)11-17-9-20(25)13-21(26)10-17/h4-6,9-10,12-13,15,22-23,27,30H,7-8,11,14H2,1-3H3,(H,28,29)/t22-,23-/m0/s1. The molecular weight excluding hydrogens is 386 g/mol. The van der Waals surface area contributed by atoms with Crippen molar-refractivity contribution < 1.29 is 18.7 Å². The van der Waals surface area contributed by atoms with E-state index in [1.807, 2.05) is 0 Å². The van der Waals surface area contributed by atoms with Gasteiger partial charge >= 0.3 is 0 Å². The molecule has 0 spiro atoms. The van der Waals surface area contributed by atoms with E-state index in [1.165, 1.54) is 30.2 Å². The summed E-state index contributed by atoms with van der Waals surface area (Å²) >= 11 is 0. The zero-order valence-electron chi connectivity index (χ0n) is 17.7. The summed E-state index contributed by atoms with van der Waals surface area (Å²) in [6.07, 6.45) is 1.17. The van der Waals surface area contributed by atoms with Gasteiger partial charge in [0.1, 0.15) is 11.6 Å². The van der Waals surface area contributed by atoms with Crippen LogP contribution in [0.25, 0.3) is 0 Å². The zero-order valence-corrected chi connectivity index (χ0v) is 17.7. The second-order valence-corrected chi connectivity index (χ2v) is 8.60. The lowest BCUT2D eigenvalue weighted by atomic mass is 9.96. The predicted octanol–water partition coefficient (Wildman–Crippen LogP) is 3.78. The van der Waals surface area contributed by atoms with Gasteiger partial charge in [-0.1, -0.05) is 38.1 Å². The molecule has 1 aliphatic carbocycles. The molecule has 0 aromatic heterocycles. The first kappa shape index (κ1) is 22.4. The number of halogens is 2. The van der Waals surface area contributed by atoms with E-state index in [2.05, 4.69) is 48.7 Å². The first-order valence-electron chi connectivity index (χ1n) is 10.4. The van der Waals surface area contributed by atoms with Crippen LogP contribution in [0.5, 0.6) is 0 Å². The topological polar surface area (TPSA) is 61.4 Å². The van der Waals surface area contributed by atoms with Crippen molar-refractivity contribution >= 4 is 5.91 Å². The Hall–Kier alpha value is -2.31. The van der Waals surface area contributed by atoms with Gasteiger partial charge in [0, 0.05) is 25.1 Å². The number of nitrogens with one attached hydrogen (secondary N) is 2. The maximum Gasteiger partial charge on any atom is 0.217 e. The first-order chi connectivity index (χ1) is 14.2. The van der Waals surface area contributed by atoms with Crippen LogP contribution in [-0.2, 0) is 16.8 Å². The molecule has 1 fully saturated rings. The van der Waals surface area contributed by atoms with Crippen molar-refractivity contribution in [1.82, 2.24) is 10.6 Å². The predicted molar refractivity (Wildman–Crippen MR) is 113 cm³/mol. The molecule has 1 aliphatic rings. The summed E-state index contributed by atoms with van der Waals surface area (Å²) in [7, 11) is 0. The minimum absolute atomic E-state index is 0.132. The van der Waals surface area contributed by atoms with Gasteiger partial charge in [0.25, 0.3) is 0 Å². The first-order valence-corrected chi connectivity index (χ1v) is 10.4. The van der Waals surface area contributed by atoms with Crippen LogP contribution in [0.3, 0.4) is 0 Å². The third-order valence-electron chi connectivity index (χ3n) is 5.74. The summed E-state index contributed by atoms with van der Waals surface area (Å²) in [6, 6.07) is 11.1. The van der Waals surface area contributed by atoms with Crippen LogP contribution in [-0.4, -0.2) is 29.7 Å². The maximum absolute atomic E-state index is 13.5. The minimum Gasteiger partial charge on any atom is -0.390 e. The Balaban J connectivity index is 1.69. The fourth-order valence-electron chi connectivity index (χ4n) is 3.86. The maximum atomic E-state index is 13.5. The SMILES string of the molecule is CC(=O)N[C@@H](Cc1cc(F)cc(F)c1)[C@@H](O)CNC1(c2cccc(C(C)C)c2)CC1. The highest BCUT2D eigenvalue weighted by molar-refractivity contribution is 5.73. The van der Waals surface area contributed by atoms with Crippen molar-refractivity contribution in [3.05, 3.63) is 70.8 Å². The lowest BCUT2D eigenvalue weighted by Crippen LogP contribution is -2.49. The van der Waals surface area contributed by atoms with Gasteiger partial charge in [0.2, 0.25) is 5.91 Å². The highest BCUT2D eigenvalue weighted by Gasteiger charge is 2.44. The third-order valence-corrected chi connectivity index (χ3v) is 5.74. The Morgan fingerprint density at radius 2 is 1.80 bits per heavy atom. The molecule has 3 N–H and O–H groups in total. The molecule has 0 aliphatic heterocycles. The van der Waals surface area contributed by atoms with E-state index >= 15 is 0 Å². The number of hydrogen-bond donors (Lipinski definition) is 3. The average Bonchev–Trinajstić information content (AvgIpc) is 3.46. The van der Waals surface area contributed by atoms with E-state index in [9.17, 15) is 18.7 Å². The Morgan fingerprint density at radius 1 is 1.13 bits per heavy atom. The van der Waals surface area contributed by atoms with Crippen LogP contribution < -0.4 is 10.6 Å². The number of amides is 1. The van der Waals surface area contributed by atoms with E-state index in [1.54, 1.807) is 0 Å². The highest BCUT2D eigenvalue weighted by Crippen LogP contribution is 2.46. The molecule has 2 aromatic carbocycles. The van der Waals surface area contributed by atoms with E-state index in [4.69, 9.17) is 0 Å². The average molecular weight is 417 g/mol. The minimum atomic E-state index is -0.911. The summed E-state index contributed by atoms with van der Waals surface area (Å²) in [5.41, 5.74) is 2.68. The van der Waals surface area contributed by atoms with Gasteiger partial charge in [-0.05, 0) is 54.0 Å². The van der Waals surface area contributed by atoms with E-state index in [-0.39, 0.29) is 24.4 Å². The molecule has 0 radical (unpaired) electrons. The van der Waals surface area contributed by atoms with Crippen molar-refractivity contribution in [2.45, 2.75) is 63.6 Å². The quantitative estimate of drug-likeness (QED) is 0.583. The Bertz CT molecular complexity index is 876. The van der Waals surface area contributed by atoms with Crippen molar-refractivity contribution in [2.24, 2.45) is 0 Å². The molecule has 2 aromatic rings. The second kappa shape index (κ2) is 9.23. The molecule has 0 saturated heterocycles. The normalized spacial score (nSPS) is 16.9. The lowest BCUT2D eigenvalue weighted by Gasteiger charge is -2.27. The fraction of sp³-hybridized carbons (Fsp3) is 0.458. The summed E-state index contributed by atoms with van der Waals surface area (Å²) in [6.45, 7) is 5.93. The smallest absolute Gasteiger partial charge is 0.217 e. The number of hydrogen-bond acceptors (Lipinski definition) is 3. The zero-order chi connectivity index (χ0) is 21.9. The number of carbonyl (C=O) groups excluding carboxylic acids is 1. The van der Waals surface area contributed by atoms with Crippen molar-refractivity contribution in [3.8, 4) is 0 Å². The monoisotopic (exact) mass is 416 g/mol.